The highest BCUT2D eigenvalue weighted by atomic mass is 16.5. The predicted molar refractivity (Wildman–Crippen MR) is 106 cm³/mol. The van der Waals surface area contributed by atoms with Crippen molar-refractivity contribution in [1.29, 1.82) is 0 Å². The van der Waals surface area contributed by atoms with Crippen molar-refractivity contribution in [3.05, 3.63) is 54.4 Å². The number of nitrogens with zero attached hydrogens (tertiary/aromatic N) is 3. The summed E-state index contributed by atoms with van der Waals surface area (Å²) in [6.45, 7) is 1.87. The minimum absolute atomic E-state index is 0.168. The van der Waals surface area contributed by atoms with Gasteiger partial charge in [0.05, 0.1) is 20.8 Å². The second-order valence-electron chi connectivity index (χ2n) is 6.35. The van der Waals surface area contributed by atoms with Crippen LogP contribution in [-0.4, -0.2) is 48.3 Å². The Morgan fingerprint density at radius 2 is 1.83 bits per heavy atom. The summed E-state index contributed by atoms with van der Waals surface area (Å²) in [6, 6.07) is 14.5. The monoisotopic (exact) mass is 397 g/mol. The first-order valence-electron chi connectivity index (χ1n) is 9.03. The molecule has 8 heteroatoms. The molecule has 3 aromatic rings. The van der Waals surface area contributed by atoms with Gasteiger partial charge in [-0.15, -0.1) is 0 Å². The van der Waals surface area contributed by atoms with Crippen molar-refractivity contribution in [2.24, 2.45) is 0 Å². The third-order valence-electron chi connectivity index (χ3n) is 4.26. The molecular formula is C21H23N3O5. The molecule has 0 spiro atoms. The molecule has 1 amide bonds. The number of carbonyl (C=O) groups excluding carboxylic acids is 1. The fraction of sp³-hybridized carbons (Fsp3) is 0.286. The molecule has 0 aliphatic rings. The number of para-hydroxylation sites is 1. The lowest BCUT2D eigenvalue weighted by molar-refractivity contribution is -0.137. The Morgan fingerprint density at radius 3 is 2.52 bits per heavy atom. The molecule has 0 unspecified atom stereocenters. The summed E-state index contributed by atoms with van der Waals surface area (Å²) < 4.78 is 21.5. The van der Waals surface area contributed by atoms with Gasteiger partial charge in [-0.25, -0.2) is 0 Å². The second kappa shape index (κ2) is 9.09. The van der Waals surface area contributed by atoms with E-state index in [0.717, 1.165) is 0 Å². The van der Waals surface area contributed by atoms with E-state index in [-0.39, 0.29) is 12.5 Å². The molecule has 0 saturated heterocycles. The number of likely N-dealkylation sites (N-methyl/N-ethyl adjacent to an activating group) is 1. The van der Waals surface area contributed by atoms with Crippen LogP contribution in [0.25, 0.3) is 11.4 Å². The Hall–Kier alpha value is -3.55. The molecule has 2 aromatic carbocycles. The van der Waals surface area contributed by atoms with Gasteiger partial charge in [-0.05, 0) is 37.3 Å². The topological polar surface area (TPSA) is 86.9 Å². The summed E-state index contributed by atoms with van der Waals surface area (Å²) in [5.41, 5.74) is 0.715. The maximum atomic E-state index is 12.6. The molecule has 29 heavy (non-hydrogen) atoms. The summed E-state index contributed by atoms with van der Waals surface area (Å²) in [4.78, 5) is 18.4. The molecule has 0 radical (unpaired) electrons. The molecule has 1 atom stereocenters. The highest BCUT2D eigenvalue weighted by Crippen LogP contribution is 2.31. The summed E-state index contributed by atoms with van der Waals surface area (Å²) in [5, 5.41) is 3.99. The fourth-order valence-electron chi connectivity index (χ4n) is 2.76. The number of ether oxygens (including phenoxy) is 3. The van der Waals surface area contributed by atoms with Crippen molar-refractivity contribution in [3.8, 4) is 28.6 Å². The maximum absolute atomic E-state index is 12.6. The van der Waals surface area contributed by atoms with E-state index < -0.39 is 6.10 Å². The average Bonchev–Trinajstić information content (AvgIpc) is 3.21. The molecule has 0 N–H and O–H groups in total. The first-order chi connectivity index (χ1) is 14.0. The van der Waals surface area contributed by atoms with Crippen LogP contribution in [0.15, 0.2) is 53.1 Å². The van der Waals surface area contributed by atoms with Crippen molar-refractivity contribution in [1.82, 2.24) is 15.0 Å². The predicted octanol–water partition coefficient (Wildman–Crippen LogP) is 3.18. The van der Waals surface area contributed by atoms with Crippen molar-refractivity contribution in [3.63, 3.8) is 0 Å². The molecule has 0 aliphatic carbocycles. The van der Waals surface area contributed by atoms with Crippen molar-refractivity contribution >= 4 is 5.91 Å². The van der Waals surface area contributed by atoms with Crippen LogP contribution in [0.4, 0.5) is 0 Å². The molecular weight excluding hydrogens is 374 g/mol. The zero-order valence-corrected chi connectivity index (χ0v) is 16.8. The van der Waals surface area contributed by atoms with E-state index in [2.05, 4.69) is 10.1 Å². The molecule has 152 valence electrons. The van der Waals surface area contributed by atoms with Crippen LogP contribution < -0.4 is 14.2 Å². The van der Waals surface area contributed by atoms with Crippen LogP contribution in [-0.2, 0) is 11.3 Å². The zero-order valence-electron chi connectivity index (χ0n) is 16.8. The number of rotatable bonds is 8. The number of hydrogen-bond donors (Lipinski definition) is 0. The van der Waals surface area contributed by atoms with Gasteiger partial charge >= 0.3 is 0 Å². The molecule has 8 nitrogen and oxygen atoms in total. The van der Waals surface area contributed by atoms with Crippen LogP contribution in [0, 0.1) is 0 Å². The average molecular weight is 397 g/mol. The van der Waals surface area contributed by atoms with E-state index in [4.69, 9.17) is 18.7 Å². The number of aromatic nitrogens is 2. The Balaban J connectivity index is 1.65. The van der Waals surface area contributed by atoms with Crippen molar-refractivity contribution in [2.75, 3.05) is 21.3 Å². The van der Waals surface area contributed by atoms with Gasteiger partial charge in [0.25, 0.3) is 5.91 Å². The lowest BCUT2D eigenvalue weighted by Gasteiger charge is -2.20. The van der Waals surface area contributed by atoms with E-state index in [1.165, 1.54) is 4.90 Å². The maximum Gasteiger partial charge on any atom is 0.263 e. The number of hydrogen-bond acceptors (Lipinski definition) is 7. The SMILES string of the molecule is COc1ccc(-c2noc(CN(C)C(=O)[C@H](C)Oc3ccccc3)n2)cc1OC. The van der Waals surface area contributed by atoms with E-state index in [9.17, 15) is 4.79 Å². The fourth-order valence-corrected chi connectivity index (χ4v) is 2.76. The van der Waals surface area contributed by atoms with Crippen molar-refractivity contribution in [2.45, 2.75) is 19.6 Å². The largest absolute Gasteiger partial charge is 0.493 e. The van der Waals surface area contributed by atoms with Gasteiger partial charge in [0.1, 0.15) is 5.75 Å². The smallest absolute Gasteiger partial charge is 0.263 e. The lowest BCUT2D eigenvalue weighted by Crippen LogP contribution is -2.37. The number of amides is 1. The van der Waals surface area contributed by atoms with Gasteiger partial charge in [0.15, 0.2) is 17.6 Å². The molecule has 3 rings (SSSR count). The van der Waals surface area contributed by atoms with E-state index >= 15 is 0 Å². The second-order valence-corrected chi connectivity index (χ2v) is 6.35. The molecule has 0 aliphatic heterocycles. The van der Waals surface area contributed by atoms with E-state index in [1.807, 2.05) is 18.2 Å². The van der Waals surface area contributed by atoms with Gasteiger partial charge in [0, 0.05) is 12.6 Å². The molecule has 1 heterocycles. The standard InChI is InChI=1S/C21H23N3O5/c1-14(28-16-8-6-5-7-9-16)21(25)24(2)13-19-22-20(23-29-19)15-10-11-17(26-3)18(12-15)27-4/h5-12,14H,13H2,1-4H3/t14-/m0/s1. The highest BCUT2D eigenvalue weighted by molar-refractivity contribution is 5.80. The van der Waals surface area contributed by atoms with Gasteiger partial charge in [-0.1, -0.05) is 23.4 Å². The van der Waals surface area contributed by atoms with Gasteiger partial charge in [0.2, 0.25) is 11.7 Å². The summed E-state index contributed by atoms with van der Waals surface area (Å²) in [6.07, 6.45) is -0.643. The number of methoxy groups -OCH3 is 2. The molecule has 0 saturated carbocycles. The van der Waals surface area contributed by atoms with Crippen LogP contribution in [0.5, 0.6) is 17.2 Å². The van der Waals surface area contributed by atoms with Gasteiger partial charge in [-0.3, -0.25) is 4.79 Å². The number of benzene rings is 2. The Kier molecular flexibility index (Phi) is 6.33. The first kappa shape index (κ1) is 20.2. The minimum atomic E-state index is -0.643. The summed E-state index contributed by atoms with van der Waals surface area (Å²) in [7, 11) is 4.79. The quantitative estimate of drug-likeness (QED) is 0.577. The van der Waals surface area contributed by atoms with Crippen LogP contribution >= 0.6 is 0 Å². The normalized spacial score (nSPS) is 11.6. The Morgan fingerprint density at radius 1 is 1.10 bits per heavy atom. The highest BCUT2D eigenvalue weighted by Gasteiger charge is 2.21. The van der Waals surface area contributed by atoms with Gasteiger partial charge in [-0.2, -0.15) is 4.98 Å². The van der Waals surface area contributed by atoms with E-state index in [0.29, 0.717) is 34.5 Å². The number of carbonyl (C=O) groups is 1. The summed E-state index contributed by atoms with van der Waals surface area (Å²) in [5.74, 6) is 2.33. The Labute approximate surface area is 169 Å². The minimum Gasteiger partial charge on any atom is -0.493 e. The first-order valence-corrected chi connectivity index (χ1v) is 9.03. The Bertz CT molecular complexity index is 958. The molecule has 1 aromatic heterocycles. The van der Waals surface area contributed by atoms with E-state index in [1.54, 1.807) is 58.5 Å². The lowest BCUT2D eigenvalue weighted by atomic mass is 10.2. The van der Waals surface area contributed by atoms with Gasteiger partial charge < -0.3 is 23.6 Å². The third-order valence-corrected chi connectivity index (χ3v) is 4.26. The van der Waals surface area contributed by atoms with Crippen LogP contribution in [0.1, 0.15) is 12.8 Å². The summed E-state index contributed by atoms with van der Waals surface area (Å²) >= 11 is 0. The zero-order chi connectivity index (χ0) is 20.8. The van der Waals surface area contributed by atoms with Crippen LogP contribution in [0.3, 0.4) is 0 Å². The molecule has 0 fully saturated rings. The molecule has 0 bridgehead atoms. The third kappa shape index (κ3) is 4.84. The van der Waals surface area contributed by atoms with Crippen molar-refractivity contribution < 1.29 is 23.5 Å². The van der Waals surface area contributed by atoms with Crippen LogP contribution in [0.2, 0.25) is 0 Å².